The summed E-state index contributed by atoms with van der Waals surface area (Å²) in [6, 6.07) is 17.1. The monoisotopic (exact) mass is 454 g/mol. The maximum Gasteiger partial charge on any atom is 0.334 e. The summed E-state index contributed by atoms with van der Waals surface area (Å²) in [5, 5.41) is 0. The molecule has 1 unspecified atom stereocenters. The second-order valence-electron chi connectivity index (χ2n) is 8.55. The van der Waals surface area contributed by atoms with Crippen LogP contribution in [0.25, 0.3) is 16.7 Å². The molecule has 34 heavy (non-hydrogen) atoms. The van der Waals surface area contributed by atoms with Crippen LogP contribution in [0, 0.1) is 6.92 Å². The fourth-order valence-corrected chi connectivity index (χ4v) is 4.64. The van der Waals surface area contributed by atoms with Crippen LogP contribution in [0.4, 0.5) is 0 Å². The number of carbonyl (C=O) groups excluding carboxylic acids is 1. The highest BCUT2D eigenvalue weighted by Crippen LogP contribution is 2.28. The Bertz CT molecular complexity index is 1420. The van der Waals surface area contributed by atoms with Gasteiger partial charge in [-0.2, -0.15) is 0 Å². The molecule has 0 bridgehead atoms. The first-order valence-corrected chi connectivity index (χ1v) is 11.4. The summed E-state index contributed by atoms with van der Waals surface area (Å²) >= 11 is 0. The van der Waals surface area contributed by atoms with Gasteiger partial charge < -0.3 is 9.64 Å². The lowest BCUT2D eigenvalue weighted by molar-refractivity contribution is -0.127. The first kappa shape index (κ1) is 21.7. The zero-order valence-electron chi connectivity index (χ0n) is 19.1. The minimum atomic E-state index is -0.145. The van der Waals surface area contributed by atoms with Crippen molar-refractivity contribution < 1.29 is 9.53 Å². The maximum absolute atomic E-state index is 13.7. The number of ether oxygens (including phenoxy) is 1. The summed E-state index contributed by atoms with van der Waals surface area (Å²) in [6.07, 6.45) is 6.39. The molecule has 0 N–H and O–H groups in total. The molecule has 0 spiro atoms. The van der Waals surface area contributed by atoms with Crippen LogP contribution < -0.4 is 10.4 Å². The normalized spacial score (nSPS) is 15.9. The van der Waals surface area contributed by atoms with Crippen molar-refractivity contribution in [3.05, 3.63) is 95.7 Å². The number of hydrogen-bond acceptors (Lipinski definition) is 4. The Morgan fingerprint density at radius 3 is 2.71 bits per heavy atom. The molecule has 4 aromatic rings. The summed E-state index contributed by atoms with van der Waals surface area (Å²) in [7, 11) is 0. The summed E-state index contributed by atoms with van der Waals surface area (Å²) in [5.41, 5.74) is 3.24. The average Bonchev–Trinajstić information content (AvgIpc) is 3.16. The summed E-state index contributed by atoms with van der Waals surface area (Å²) in [6.45, 7) is 6.78. The minimum absolute atomic E-state index is 0.104. The third kappa shape index (κ3) is 4.01. The van der Waals surface area contributed by atoms with Gasteiger partial charge in [-0.25, -0.2) is 4.79 Å². The standard InChI is InChI=1S/C27H26N4O3/c1-3-26(32)29-15-5-7-21(18-29)31-24-13-14-28-17-25(24)30(27(31)33)20-9-11-22(12-10-20)34-23-8-4-6-19(2)16-23/h3-4,6,8-14,16-17,21H,1,5,7,15,18H2,2H3. The first-order valence-electron chi connectivity index (χ1n) is 11.4. The Kier molecular flexibility index (Phi) is 5.76. The van der Waals surface area contributed by atoms with Crippen LogP contribution in [0.5, 0.6) is 11.5 Å². The van der Waals surface area contributed by atoms with Gasteiger partial charge in [-0.1, -0.05) is 18.7 Å². The van der Waals surface area contributed by atoms with Crippen LogP contribution in [0.1, 0.15) is 24.4 Å². The zero-order valence-corrected chi connectivity index (χ0v) is 19.1. The topological polar surface area (TPSA) is 69.4 Å². The van der Waals surface area contributed by atoms with E-state index in [1.54, 1.807) is 26.4 Å². The van der Waals surface area contributed by atoms with Gasteiger partial charge in [0.2, 0.25) is 5.91 Å². The van der Waals surface area contributed by atoms with E-state index in [0.29, 0.717) is 18.8 Å². The van der Waals surface area contributed by atoms with Gasteiger partial charge in [0.25, 0.3) is 0 Å². The second kappa shape index (κ2) is 9.02. The number of amides is 1. The van der Waals surface area contributed by atoms with Crippen molar-refractivity contribution >= 4 is 16.9 Å². The van der Waals surface area contributed by atoms with Crippen molar-refractivity contribution in [2.24, 2.45) is 0 Å². The van der Waals surface area contributed by atoms with E-state index < -0.39 is 0 Å². The molecule has 1 atom stereocenters. The van der Waals surface area contributed by atoms with Crippen LogP contribution in [-0.4, -0.2) is 38.0 Å². The van der Waals surface area contributed by atoms with Crippen LogP contribution in [-0.2, 0) is 4.79 Å². The lowest BCUT2D eigenvalue weighted by Gasteiger charge is -2.32. The van der Waals surface area contributed by atoms with Crippen molar-refractivity contribution in [1.82, 2.24) is 19.0 Å². The molecular weight excluding hydrogens is 428 g/mol. The fourth-order valence-electron chi connectivity index (χ4n) is 4.64. The molecule has 0 saturated carbocycles. The van der Waals surface area contributed by atoms with E-state index >= 15 is 0 Å². The number of carbonyl (C=O) groups is 1. The molecule has 3 heterocycles. The van der Waals surface area contributed by atoms with Crippen molar-refractivity contribution in [3.63, 3.8) is 0 Å². The van der Waals surface area contributed by atoms with E-state index in [0.717, 1.165) is 40.9 Å². The number of likely N-dealkylation sites (tertiary alicyclic amines) is 1. The van der Waals surface area contributed by atoms with Crippen molar-refractivity contribution in [2.75, 3.05) is 13.1 Å². The molecule has 0 aliphatic carbocycles. The zero-order chi connectivity index (χ0) is 23.7. The predicted octanol–water partition coefficient (Wildman–Crippen LogP) is 4.64. The molecule has 0 radical (unpaired) electrons. The molecule has 1 aliphatic heterocycles. The number of nitrogens with zero attached hydrogens (tertiary/aromatic N) is 4. The van der Waals surface area contributed by atoms with E-state index in [1.165, 1.54) is 6.08 Å². The van der Waals surface area contributed by atoms with E-state index in [-0.39, 0.29) is 17.6 Å². The number of pyridine rings is 1. The molecule has 2 aromatic heterocycles. The van der Waals surface area contributed by atoms with Gasteiger partial charge in [0.15, 0.2) is 0 Å². The molecule has 7 nitrogen and oxygen atoms in total. The molecule has 1 aliphatic rings. The molecule has 2 aromatic carbocycles. The molecule has 1 fully saturated rings. The highest BCUT2D eigenvalue weighted by atomic mass is 16.5. The summed E-state index contributed by atoms with van der Waals surface area (Å²) in [4.78, 5) is 31.9. The van der Waals surface area contributed by atoms with Gasteiger partial charge >= 0.3 is 5.69 Å². The van der Waals surface area contributed by atoms with Gasteiger partial charge in [0.1, 0.15) is 11.5 Å². The van der Waals surface area contributed by atoms with Gasteiger partial charge in [0.05, 0.1) is 29.0 Å². The molecule has 172 valence electrons. The molecular formula is C27H26N4O3. The van der Waals surface area contributed by atoms with Crippen molar-refractivity contribution in [3.8, 4) is 17.2 Å². The minimum Gasteiger partial charge on any atom is -0.457 e. The number of hydrogen-bond donors (Lipinski definition) is 0. The van der Waals surface area contributed by atoms with E-state index in [2.05, 4.69) is 11.6 Å². The Morgan fingerprint density at radius 2 is 1.94 bits per heavy atom. The number of piperidine rings is 1. The van der Waals surface area contributed by atoms with Gasteiger partial charge in [0, 0.05) is 19.3 Å². The van der Waals surface area contributed by atoms with E-state index in [4.69, 9.17) is 4.74 Å². The van der Waals surface area contributed by atoms with Crippen LogP contribution in [0.2, 0.25) is 0 Å². The lowest BCUT2D eigenvalue weighted by Crippen LogP contribution is -2.42. The quantitative estimate of drug-likeness (QED) is 0.412. The molecule has 1 amide bonds. The number of aryl methyl sites for hydroxylation is 1. The number of benzene rings is 2. The first-order chi connectivity index (χ1) is 16.5. The fraction of sp³-hybridized carbons (Fsp3) is 0.222. The maximum atomic E-state index is 13.7. The second-order valence-corrected chi connectivity index (χ2v) is 8.55. The van der Waals surface area contributed by atoms with Gasteiger partial charge in [-0.3, -0.25) is 18.9 Å². The molecule has 5 rings (SSSR count). The van der Waals surface area contributed by atoms with Crippen LogP contribution in [0.15, 0.2) is 84.4 Å². The Labute approximate surface area is 197 Å². The van der Waals surface area contributed by atoms with Crippen molar-refractivity contribution in [2.45, 2.75) is 25.8 Å². The van der Waals surface area contributed by atoms with E-state index in [9.17, 15) is 9.59 Å². The number of imidazole rings is 1. The average molecular weight is 455 g/mol. The van der Waals surface area contributed by atoms with Crippen molar-refractivity contribution in [1.29, 1.82) is 0 Å². The van der Waals surface area contributed by atoms with Crippen LogP contribution >= 0.6 is 0 Å². The summed E-state index contributed by atoms with van der Waals surface area (Å²) in [5.74, 6) is 1.35. The lowest BCUT2D eigenvalue weighted by atomic mass is 10.1. The van der Waals surface area contributed by atoms with Gasteiger partial charge in [-0.05, 0) is 73.9 Å². The molecule has 7 heteroatoms. The largest absolute Gasteiger partial charge is 0.457 e. The third-order valence-electron chi connectivity index (χ3n) is 6.24. The Morgan fingerprint density at radius 1 is 1.12 bits per heavy atom. The number of aromatic nitrogens is 3. The smallest absolute Gasteiger partial charge is 0.334 e. The Hall–Kier alpha value is -4.13. The summed E-state index contributed by atoms with van der Waals surface area (Å²) < 4.78 is 9.44. The Balaban J connectivity index is 1.51. The number of rotatable bonds is 5. The van der Waals surface area contributed by atoms with Crippen LogP contribution in [0.3, 0.4) is 0 Å². The SMILES string of the molecule is C=CC(=O)N1CCCC(n2c(=O)n(-c3ccc(Oc4cccc(C)c4)cc3)c3cnccc32)C1. The number of fused-ring (bicyclic) bond motifs is 1. The van der Waals surface area contributed by atoms with E-state index in [1.807, 2.05) is 61.5 Å². The highest BCUT2D eigenvalue weighted by Gasteiger charge is 2.27. The highest BCUT2D eigenvalue weighted by molar-refractivity contribution is 5.87. The van der Waals surface area contributed by atoms with Gasteiger partial charge in [-0.15, -0.1) is 0 Å². The third-order valence-corrected chi connectivity index (χ3v) is 6.24. The predicted molar refractivity (Wildman–Crippen MR) is 132 cm³/mol. The molecule has 1 saturated heterocycles.